The molecule has 0 aliphatic heterocycles. The van der Waals surface area contributed by atoms with Crippen molar-refractivity contribution in [1.82, 2.24) is 0 Å². The molecule has 0 spiro atoms. The van der Waals surface area contributed by atoms with Crippen molar-refractivity contribution in [2.45, 2.75) is 19.2 Å². The second-order valence-corrected chi connectivity index (χ2v) is 5.51. The van der Waals surface area contributed by atoms with Crippen LogP contribution in [0.4, 0.5) is 0 Å². The van der Waals surface area contributed by atoms with Gasteiger partial charge < -0.3 is 9.15 Å². The van der Waals surface area contributed by atoms with E-state index in [0.29, 0.717) is 34.5 Å². The fourth-order valence-corrected chi connectivity index (χ4v) is 2.78. The summed E-state index contributed by atoms with van der Waals surface area (Å²) in [6, 6.07) is 13.0. The second-order valence-electron chi connectivity index (χ2n) is 5.25. The molecular formula is C19H17ClO3. The van der Waals surface area contributed by atoms with Crippen LogP contribution in [0.15, 0.2) is 57.9 Å². The third kappa shape index (κ3) is 2.97. The molecule has 3 aromatic rings. The number of benzene rings is 2. The Morgan fingerprint density at radius 3 is 2.61 bits per heavy atom. The molecule has 4 heteroatoms. The maximum Gasteiger partial charge on any atom is 0.200 e. The van der Waals surface area contributed by atoms with E-state index in [1.807, 2.05) is 37.3 Å². The Hall–Kier alpha value is -2.26. The Morgan fingerprint density at radius 1 is 1.13 bits per heavy atom. The quantitative estimate of drug-likeness (QED) is 0.619. The first-order chi connectivity index (χ1) is 11.3. The van der Waals surface area contributed by atoms with Crippen LogP contribution in [-0.4, -0.2) is 6.61 Å². The van der Waals surface area contributed by atoms with Crippen molar-refractivity contribution in [3.63, 3.8) is 0 Å². The van der Waals surface area contributed by atoms with Gasteiger partial charge in [0.05, 0.1) is 29.0 Å². The Kier molecular flexibility index (Phi) is 4.68. The molecule has 0 unspecified atom stereocenters. The molecule has 0 atom stereocenters. The number of fused-ring (bicyclic) bond motifs is 1. The van der Waals surface area contributed by atoms with Crippen LogP contribution in [0, 0.1) is 0 Å². The molecule has 0 amide bonds. The van der Waals surface area contributed by atoms with E-state index in [0.717, 1.165) is 12.0 Å². The number of alkyl halides is 1. The Bertz CT molecular complexity index is 869. The van der Waals surface area contributed by atoms with Crippen LogP contribution in [-0.2, 0) is 5.88 Å². The predicted octanol–water partition coefficient (Wildman–Crippen LogP) is 4.99. The van der Waals surface area contributed by atoms with E-state index in [9.17, 15) is 4.79 Å². The molecule has 3 rings (SSSR count). The first-order valence-corrected chi connectivity index (χ1v) is 8.11. The van der Waals surface area contributed by atoms with E-state index in [-0.39, 0.29) is 11.3 Å². The number of hydrogen-bond donors (Lipinski definition) is 0. The van der Waals surface area contributed by atoms with Crippen LogP contribution in [0.2, 0.25) is 0 Å². The lowest BCUT2D eigenvalue weighted by molar-refractivity contribution is 0.315. The first-order valence-electron chi connectivity index (χ1n) is 7.57. The molecule has 0 saturated carbocycles. The smallest absolute Gasteiger partial charge is 0.200 e. The summed E-state index contributed by atoms with van der Waals surface area (Å²) >= 11 is 6.06. The van der Waals surface area contributed by atoms with Gasteiger partial charge in [-0.05, 0) is 24.1 Å². The van der Waals surface area contributed by atoms with Crippen molar-refractivity contribution in [1.29, 1.82) is 0 Å². The zero-order valence-electron chi connectivity index (χ0n) is 12.8. The highest BCUT2D eigenvalue weighted by Crippen LogP contribution is 2.30. The molecular weight excluding hydrogens is 312 g/mol. The fourth-order valence-electron chi connectivity index (χ4n) is 2.53. The van der Waals surface area contributed by atoms with E-state index in [4.69, 9.17) is 20.8 Å². The van der Waals surface area contributed by atoms with Gasteiger partial charge in [-0.2, -0.15) is 0 Å². The minimum Gasteiger partial charge on any atom is -0.493 e. The van der Waals surface area contributed by atoms with Crippen LogP contribution >= 0.6 is 11.6 Å². The van der Waals surface area contributed by atoms with Gasteiger partial charge in [0, 0.05) is 0 Å². The highest BCUT2D eigenvalue weighted by atomic mass is 35.5. The molecule has 0 bridgehead atoms. The van der Waals surface area contributed by atoms with Crippen molar-refractivity contribution in [2.75, 3.05) is 6.61 Å². The molecule has 1 heterocycles. The van der Waals surface area contributed by atoms with Gasteiger partial charge in [-0.1, -0.05) is 37.3 Å². The number of ether oxygens (including phenoxy) is 1. The zero-order chi connectivity index (χ0) is 16.2. The summed E-state index contributed by atoms with van der Waals surface area (Å²) in [4.78, 5) is 12.8. The number of halogens is 1. The van der Waals surface area contributed by atoms with Gasteiger partial charge in [0.1, 0.15) is 17.6 Å². The topological polar surface area (TPSA) is 39.4 Å². The molecule has 0 aliphatic carbocycles. The predicted molar refractivity (Wildman–Crippen MR) is 93.3 cm³/mol. The van der Waals surface area contributed by atoms with E-state index in [2.05, 4.69) is 0 Å². The van der Waals surface area contributed by atoms with Crippen LogP contribution in [0.25, 0.3) is 22.1 Å². The third-order valence-corrected chi connectivity index (χ3v) is 3.95. The monoisotopic (exact) mass is 328 g/mol. The van der Waals surface area contributed by atoms with Crippen molar-refractivity contribution in [3.8, 4) is 16.9 Å². The third-order valence-electron chi connectivity index (χ3n) is 3.68. The molecule has 118 valence electrons. The Morgan fingerprint density at radius 2 is 1.91 bits per heavy atom. The Labute approximate surface area is 139 Å². The van der Waals surface area contributed by atoms with Crippen molar-refractivity contribution >= 4 is 22.6 Å². The summed E-state index contributed by atoms with van der Waals surface area (Å²) in [5.74, 6) is 0.897. The summed E-state index contributed by atoms with van der Waals surface area (Å²) in [6.07, 6.45) is 2.40. The largest absolute Gasteiger partial charge is 0.493 e. The van der Waals surface area contributed by atoms with Crippen molar-refractivity contribution in [2.24, 2.45) is 0 Å². The summed E-state index contributed by atoms with van der Waals surface area (Å²) in [5.41, 5.74) is 2.53. The number of rotatable bonds is 5. The fraction of sp³-hybridized carbons (Fsp3) is 0.211. The van der Waals surface area contributed by atoms with Crippen LogP contribution < -0.4 is 10.2 Å². The molecule has 3 nitrogen and oxygen atoms in total. The van der Waals surface area contributed by atoms with Gasteiger partial charge in [-0.25, -0.2) is 0 Å². The maximum absolute atomic E-state index is 12.8. The minimum absolute atomic E-state index is 0.0640. The van der Waals surface area contributed by atoms with E-state index in [1.54, 1.807) is 12.1 Å². The van der Waals surface area contributed by atoms with E-state index >= 15 is 0 Å². The maximum atomic E-state index is 12.8. The lowest BCUT2D eigenvalue weighted by atomic mass is 10.0. The van der Waals surface area contributed by atoms with Gasteiger partial charge in [-0.15, -0.1) is 11.6 Å². The van der Waals surface area contributed by atoms with E-state index < -0.39 is 0 Å². The van der Waals surface area contributed by atoms with Gasteiger partial charge in [0.15, 0.2) is 0 Å². The lowest BCUT2D eigenvalue weighted by Gasteiger charge is -2.11. The standard InChI is InChI=1S/C19H17ClO3/c1-2-10-22-17-9-8-14-18(21)16(13-6-4-3-5-7-13)12-23-19(14)15(17)11-20/h3-9,12H,2,10-11H2,1H3. The zero-order valence-corrected chi connectivity index (χ0v) is 13.6. The van der Waals surface area contributed by atoms with Crippen molar-refractivity contribution in [3.05, 3.63) is 64.5 Å². The molecule has 1 aromatic heterocycles. The summed E-state index contributed by atoms with van der Waals surface area (Å²) in [6.45, 7) is 2.63. The summed E-state index contributed by atoms with van der Waals surface area (Å²) in [7, 11) is 0. The van der Waals surface area contributed by atoms with Crippen LogP contribution in [0.1, 0.15) is 18.9 Å². The molecule has 0 radical (unpaired) electrons. The molecule has 0 aliphatic rings. The molecule has 0 N–H and O–H groups in total. The molecule has 2 aromatic carbocycles. The normalized spacial score (nSPS) is 10.9. The average molecular weight is 329 g/mol. The summed E-state index contributed by atoms with van der Waals surface area (Å²) < 4.78 is 11.4. The Balaban J connectivity index is 2.18. The second kappa shape index (κ2) is 6.88. The summed E-state index contributed by atoms with van der Waals surface area (Å²) in [5, 5.41) is 0.519. The van der Waals surface area contributed by atoms with Gasteiger partial charge in [-0.3, -0.25) is 4.79 Å². The average Bonchev–Trinajstić information content (AvgIpc) is 2.60. The highest BCUT2D eigenvalue weighted by Gasteiger charge is 2.15. The van der Waals surface area contributed by atoms with Crippen LogP contribution in [0.3, 0.4) is 0 Å². The van der Waals surface area contributed by atoms with Gasteiger partial charge in [0.2, 0.25) is 5.43 Å². The van der Waals surface area contributed by atoms with Crippen molar-refractivity contribution < 1.29 is 9.15 Å². The minimum atomic E-state index is -0.0640. The van der Waals surface area contributed by atoms with E-state index in [1.165, 1.54) is 6.26 Å². The molecule has 0 saturated heterocycles. The van der Waals surface area contributed by atoms with Gasteiger partial charge >= 0.3 is 0 Å². The lowest BCUT2D eigenvalue weighted by Crippen LogP contribution is -2.07. The SMILES string of the molecule is CCCOc1ccc2c(=O)c(-c3ccccc3)coc2c1CCl. The first kappa shape index (κ1) is 15.6. The molecule has 0 fully saturated rings. The van der Waals surface area contributed by atoms with Crippen LogP contribution in [0.5, 0.6) is 5.75 Å². The molecule has 23 heavy (non-hydrogen) atoms. The number of hydrogen-bond acceptors (Lipinski definition) is 3. The highest BCUT2D eigenvalue weighted by molar-refractivity contribution is 6.18. The van der Waals surface area contributed by atoms with Gasteiger partial charge in [0.25, 0.3) is 0 Å².